The highest BCUT2D eigenvalue weighted by molar-refractivity contribution is 15.0. The lowest BCUT2D eigenvalue weighted by molar-refractivity contribution is -0.383. The van der Waals surface area contributed by atoms with Crippen molar-refractivity contribution in [1.82, 2.24) is 9.80 Å². The Kier molecular flexibility index (Phi) is 24.9. The molecule has 0 bridgehead atoms. The zero-order chi connectivity index (χ0) is 19.4. The molecule has 14 heteroatoms. The van der Waals surface area contributed by atoms with Gasteiger partial charge in [0, 0.05) is 118 Å². The topological polar surface area (TPSA) is 87.7 Å². The van der Waals surface area contributed by atoms with Crippen LogP contribution in [0.4, 0.5) is 17.1 Å². The summed E-state index contributed by atoms with van der Waals surface area (Å²) in [5.41, 5.74) is 6.59. The van der Waals surface area contributed by atoms with Gasteiger partial charge in [-0.05, 0) is 12.3 Å². The third kappa shape index (κ3) is 12.5. The monoisotopic (exact) mass is 1020 g/mol. The minimum Gasteiger partial charge on any atom is -1.00 e. The van der Waals surface area contributed by atoms with Gasteiger partial charge in [0.25, 0.3) is 5.69 Å². The van der Waals surface area contributed by atoms with E-state index in [0.717, 1.165) is 23.8 Å². The second-order valence-corrected chi connectivity index (χ2v) is 5.65. The summed E-state index contributed by atoms with van der Waals surface area (Å²) in [4.78, 5) is 15.7. The minimum absolute atomic E-state index is 0. The van der Waals surface area contributed by atoms with Crippen LogP contribution in [0.15, 0.2) is 29.4 Å². The molecule has 0 saturated carbocycles. The number of nitro benzene ring substituents is 1. The lowest BCUT2D eigenvalue weighted by Crippen LogP contribution is -3.00. The number of nitro groups is 1. The van der Waals surface area contributed by atoms with Gasteiger partial charge in [0.05, 0.1) is 17.3 Å². The molecule has 0 unspecified atom stereocenters. The van der Waals surface area contributed by atoms with Gasteiger partial charge in [0.1, 0.15) is 5.69 Å². The molecule has 0 spiro atoms. The average Bonchev–Trinajstić information content (AvgIpc) is 3.04. The Morgan fingerprint density at radius 2 is 1.89 bits per heavy atom. The summed E-state index contributed by atoms with van der Waals surface area (Å²) >= 11 is 9.99. The van der Waals surface area contributed by atoms with Crippen molar-refractivity contribution in [3.63, 3.8) is 0 Å². The Bertz CT molecular complexity index is 588. The van der Waals surface area contributed by atoms with Crippen molar-refractivity contribution >= 4 is 127 Å². The fourth-order valence-electron chi connectivity index (χ4n) is 2.12. The number of halogens is 6. The molecule has 0 aromatic heterocycles. The van der Waals surface area contributed by atoms with Crippen LogP contribution >= 0.6 is 110 Å². The first kappa shape index (κ1) is 33.7. The maximum absolute atomic E-state index is 11.0. The molecule has 1 aromatic rings. The molecule has 0 aliphatic carbocycles. The quantitative estimate of drug-likeness (QED) is 0.149. The molecule has 1 heterocycles. The van der Waals surface area contributed by atoms with Crippen LogP contribution in [0, 0.1) is 10.1 Å². The van der Waals surface area contributed by atoms with Crippen molar-refractivity contribution in [2.45, 2.75) is 4.90 Å². The average molecular weight is 1020 g/mol. The van der Waals surface area contributed by atoms with E-state index in [9.17, 15) is 10.1 Å². The standard InChI is InChI=1S/C13H19N5O2S.BrH.2I2.HI/c1-16-5-6-17(9-16)4-3-15-11-8-12(18(19)20)10(14)7-13(11)21-2;;2*1-2;/h5-8,15H,3-4,9,14H2,1-2H3;1H;;;1H/p-1. The number of anilines is 2. The van der Waals surface area contributed by atoms with Gasteiger partial charge in [-0.25, -0.2) is 0 Å². The Labute approximate surface area is 238 Å². The number of nitrogens with zero attached hydrogens (tertiary/aromatic N) is 3. The summed E-state index contributed by atoms with van der Waals surface area (Å²) in [6.07, 6.45) is 5.97. The van der Waals surface area contributed by atoms with E-state index in [2.05, 4.69) is 89.6 Å². The number of thioether (sulfide) groups is 1. The van der Waals surface area contributed by atoms with Gasteiger partial charge in [0.15, 0.2) is 0 Å². The molecule has 0 atom stereocenters. The molecule has 3 N–H and O–H groups in total. The minimum atomic E-state index is -0.456. The molecule has 1 aliphatic heterocycles. The molecule has 1 aliphatic rings. The van der Waals surface area contributed by atoms with Gasteiger partial charge in [0.2, 0.25) is 0 Å². The van der Waals surface area contributed by atoms with Crippen LogP contribution in [0.1, 0.15) is 0 Å². The Morgan fingerprint density at radius 1 is 1.30 bits per heavy atom. The van der Waals surface area contributed by atoms with Crippen molar-refractivity contribution in [1.29, 1.82) is 0 Å². The summed E-state index contributed by atoms with van der Waals surface area (Å²) < 4.78 is 0. The number of nitrogens with one attached hydrogen (secondary N) is 1. The van der Waals surface area contributed by atoms with Crippen LogP contribution in [0.3, 0.4) is 0 Å². The van der Waals surface area contributed by atoms with Crippen LogP contribution < -0.4 is 28.0 Å². The van der Waals surface area contributed by atoms with Crippen LogP contribution in [-0.4, -0.2) is 47.8 Å². The van der Waals surface area contributed by atoms with E-state index in [-0.39, 0.29) is 52.3 Å². The summed E-state index contributed by atoms with van der Waals surface area (Å²) in [7, 11) is 2.01. The fraction of sp³-hybridized carbons (Fsp3) is 0.385. The van der Waals surface area contributed by atoms with Crippen molar-refractivity contribution in [2.75, 3.05) is 44.1 Å². The fourth-order valence-corrected chi connectivity index (χ4v) is 2.71. The number of hydrogen-bond donors (Lipinski definition) is 2. The van der Waals surface area contributed by atoms with Crippen LogP contribution in [-0.2, 0) is 0 Å². The van der Waals surface area contributed by atoms with Crippen molar-refractivity contribution in [2.24, 2.45) is 0 Å². The molecule has 0 amide bonds. The Balaban J connectivity index is -0.000000899. The van der Waals surface area contributed by atoms with E-state index in [1.165, 1.54) is 17.8 Å². The first-order chi connectivity index (χ1) is 12.0. The lowest BCUT2D eigenvalue weighted by atomic mass is 10.2. The molecule has 0 radical (unpaired) electrons. The van der Waals surface area contributed by atoms with E-state index in [1.54, 1.807) is 6.07 Å². The predicted octanol–water partition coefficient (Wildman–Crippen LogP) is 3.15. The SMILES string of the molecule is CSc1cc(N)c([N+](=O)[O-])cc1NCCN1C=CN(C)C1.I.II.II.[Br-]. The van der Waals surface area contributed by atoms with E-state index >= 15 is 0 Å². The van der Waals surface area contributed by atoms with Gasteiger partial charge >= 0.3 is 0 Å². The molecule has 0 saturated heterocycles. The highest BCUT2D eigenvalue weighted by atomic mass is 128. The van der Waals surface area contributed by atoms with Gasteiger partial charge in [-0.3, -0.25) is 10.1 Å². The zero-order valence-corrected chi connectivity index (χ0v) is 27.7. The number of benzene rings is 1. The number of rotatable bonds is 6. The van der Waals surface area contributed by atoms with Crippen LogP contribution in [0.25, 0.3) is 0 Å². The molecular formula is C13H20BrI5N5O2S-. The summed E-state index contributed by atoms with van der Waals surface area (Å²) in [6.45, 7) is 2.39. The molecule has 2 rings (SSSR count). The predicted molar refractivity (Wildman–Crippen MR) is 158 cm³/mol. The molecule has 0 fully saturated rings. The smallest absolute Gasteiger partial charge is 0.294 e. The molecule has 158 valence electrons. The first-order valence-corrected chi connectivity index (χ1v) is 20.6. The maximum Gasteiger partial charge on any atom is 0.294 e. The van der Waals surface area contributed by atoms with Crippen molar-refractivity contribution < 1.29 is 21.9 Å². The van der Waals surface area contributed by atoms with E-state index < -0.39 is 4.92 Å². The van der Waals surface area contributed by atoms with Crippen molar-refractivity contribution in [3.8, 4) is 0 Å². The van der Waals surface area contributed by atoms with E-state index in [1.807, 2.05) is 25.7 Å². The van der Waals surface area contributed by atoms with E-state index in [4.69, 9.17) is 5.73 Å². The number of hydrogen-bond acceptors (Lipinski definition) is 7. The molecule has 27 heavy (non-hydrogen) atoms. The highest BCUT2D eigenvalue weighted by Gasteiger charge is 2.16. The van der Waals surface area contributed by atoms with Crippen LogP contribution in [0.5, 0.6) is 0 Å². The Hall–Kier alpha value is 2.04. The summed E-state index contributed by atoms with van der Waals surface area (Å²) in [5.74, 6) is 0. The third-order valence-corrected chi connectivity index (χ3v) is 3.97. The van der Waals surface area contributed by atoms with Crippen molar-refractivity contribution in [3.05, 3.63) is 34.6 Å². The summed E-state index contributed by atoms with van der Waals surface area (Å²) in [6, 6.07) is 3.15. The molecule has 7 nitrogen and oxygen atoms in total. The zero-order valence-electron chi connectivity index (χ0n) is 14.4. The highest BCUT2D eigenvalue weighted by Crippen LogP contribution is 2.34. The maximum atomic E-state index is 11.0. The van der Waals surface area contributed by atoms with Gasteiger partial charge in [-0.1, -0.05) is 0 Å². The first-order valence-electron chi connectivity index (χ1n) is 6.78. The second-order valence-electron chi connectivity index (χ2n) is 4.80. The number of nitrogens with two attached hydrogens (primary N) is 1. The normalized spacial score (nSPS) is 11.2. The second kappa shape index (κ2) is 20.0. The lowest BCUT2D eigenvalue weighted by Gasteiger charge is -2.19. The van der Waals surface area contributed by atoms with Gasteiger partial charge < -0.3 is 37.8 Å². The molecular weight excluding hydrogens is 1000 g/mol. The van der Waals surface area contributed by atoms with Crippen LogP contribution in [0.2, 0.25) is 0 Å². The third-order valence-electron chi connectivity index (χ3n) is 3.20. The Morgan fingerprint density at radius 3 is 2.33 bits per heavy atom. The summed E-state index contributed by atoms with van der Waals surface area (Å²) in [5, 5.41) is 14.2. The van der Waals surface area contributed by atoms with E-state index in [0.29, 0.717) is 6.54 Å². The number of nitrogen functional groups attached to an aromatic ring is 1. The molecule has 1 aromatic carbocycles. The van der Waals surface area contributed by atoms with Gasteiger partial charge in [-0.15, -0.1) is 35.7 Å². The largest absolute Gasteiger partial charge is 1.00 e. The van der Waals surface area contributed by atoms with Gasteiger partial charge in [-0.2, -0.15) is 0 Å².